The molecule has 2 atom stereocenters. The molecule has 270 valence electrons. The molecule has 1 aliphatic heterocycles. The number of nitrogens with one attached hydrogen (secondary N) is 3. The number of hydrogen-bond acceptors (Lipinski definition) is 10. The smallest absolute Gasteiger partial charge is 0.167 e. The molecule has 0 spiro atoms. The van der Waals surface area contributed by atoms with Crippen molar-refractivity contribution in [1.29, 1.82) is 0 Å². The van der Waals surface area contributed by atoms with Gasteiger partial charge in [-0.05, 0) is 133 Å². The Morgan fingerprint density at radius 3 is 2.29 bits per heavy atom. The number of phenolic OH excluding ortho intramolecular Hbond substituents is 1. The standard InChI is InChI=1S/C21H25NO3.C18H34N4O2/c1-15-13-21(23)19-12-11-18(14-20(19)22(15)24)25-16(2)7-6-10-17-8-4-3-5-9-17;1-24-18-14-16(6-7-17(18)23)15-22-13-5-12-21-10-3-2-9-20-11-4-8-19/h3-5,8-9,11-12,14-16,24H,6-7,10,13H2,1-2H3;6-7,14,20-23H,2-5,8-13,15,19H2,1H3. The maximum absolute atomic E-state index is 12.1. The SMILES string of the molecule is CC(CCCc1ccccc1)Oc1ccc2c(c1)N(O)C(C)CC2=O.COc1cc(CNCCCNCCCCNCCCN)ccc1O. The topological polar surface area (TPSA) is 141 Å². The summed E-state index contributed by atoms with van der Waals surface area (Å²) in [7, 11) is 1.56. The number of phenols is 1. The van der Waals surface area contributed by atoms with Crippen LogP contribution in [0.25, 0.3) is 0 Å². The Hall–Kier alpha value is -3.67. The van der Waals surface area contributed by atoms with Gasteiger partial charge < -0.3 is 36.3 Å². The number of aromatic hydroxyl groups is 1. The highest BCUT2D eigenvalue weighted by Gasteiger charge is 2.28. The zero-order valence-corrected chi connectivity index (χ0v) is 29.8. The second kappa shape index (κ2) is 22.9. The Morgan fingerprint density at radius 2 is 1.57 bits per heavy atom. The number of nitrogens with zero attached hydrogens (tertiary/aromatic N) is 1. The van der Waals surface area contributed by atoms with Crippen LogP contribution >= 0.6 is 0 Å². The molecule has 3 aromatic rings. The minimum absolute atomic E-state index is 0.0651. The van der Waals surface area contributed by atoms with Crippen molar-refractivity contribution in [3.8, 4) is 17.2 Å². The van der Waals surface area contributed by atoms with Crippen molar-refractivity contribution in [1.82, 2.24) is 16.0 Å². The van der Waals surface area contributed by atoms with Crippen molar-refractivity contribution in [3.63, 3.8) is 0 Å². The van der Waals surface area contributed by atoms with Crippen molar-refractivity contribution < 1.29 is 24.6 Å². The van der Waals surface area contributed by atoms with Crippen molar-refractivity contribution in [2.75, 3.05) is 51.4 Å². The summed E-state index contributed by atoms with van der Waals surface area (Å²) in [5.74, 6) is 1.45. The average molecular weight is 678 g/mol. The van der Waals surface area contributed by atoms with Crippen LogP contribution in [0.4, 0.5) is 5.69 Å². The summed E-state index contributed by atoms with van der Waals surface area (Å²) in [5.41, 5.74) is 8.99. The van der Waals surface area contributed by atoms with Gasteiger partial charge in [0.2, 0.25) is 0 Å². The zero-order chi connectivity index (χ0) is 35.3. The van der Waals surface area contributed by atoms with Crippen LogP contribution < -0.4 is 36.2 Å². The number of carbonyl (C=O) groups excluding carboxylic acids is 1. The molecular formula is C39H59N5O5. The number of ketones is 1. The van der Waals surface area contributed by atoms with E-state index in [1.165, 1.54) is 23.5 Å². The van der Waals surface area contributed by atoms with Crippen LogP contribution in [-0.4, -0.2) is 74.6 Å². The summed E-state index contributed by atoms with van der Waals surface area (Å²) in [5, 5.41) is 31.2. The molecule has 0 radical (unpaired) electrons. The molecule has 0 bridgehead atoms. The van der Waals surface area contributed by atoms with Gasteiger partial charge in [0.1, 0.15) is 5.75 Å². The number of fused-ring (bicyclic) bond motifs is 1. The molecule has 0 saturated heterocycles. The summed E-state index contributed by atoms with van der Waals surface area (Å²) < 4.78 is 11.1. The molecule has 1 heterocycles. The third kappa shape index (κ3) is 14.8. The van der Waals surface area contributed by atoms with E-state index in [0.29, 0.717) is 29.2 Å². The first-order valence-corrected chi connectivity index (χ1v) is 17.9. The number of ether oxygens (including phenoxy) is 2. The molecule has 3 aromatic carbocycles. The van der Waals surface area contributed by atoms with Crippen LogP contribution in [0.15, 0.2) is 66.7 Å². The van der Waals surface area contributed by atoms with Gasteiger partial charge in [-0.25, -0.2) is 0 Å². The van der Waals surface area contributed by atoms with Crippen LogP contribution in [0.5, 0.6) is 17.2 Å². The lowest BCUT2D eigenvalue weighted by molar-refractivity contribution is 0.0933. The molecule has 49 heavy (non-hydrogen) atoms. The van der Waals surface area contributed by atoms with E-state index in [0.717, 1.165) is 83.5 Å². The molecule has 10 heteroatoms. The summed E-state index contributed by atoms with van der Waals surface area (Å²) in [6.45, 7) is 10.6. The second-order valence-electron chi connectivity index (χ2n) is 12.7. The van der Waals surface area contributed by atoms with Crippen molar-refractivity contribution in [3.05, 3.63) is 83.4 Å². The van der Waals surface area contributed by atoms with E-state index < -0.39 is 0 Å². The summed E-state index contributed by atoms with van der Waals surface area (Å²) in [4.78, 5) is 12.1. The Bertz CT molecular complexity index is 1360. The van der Waals surface area contributed by atoms with Gasteiger partial charge in [0.15, 0.2) is 17.3 Å². The van der Waals surface area contributed by atoms with Gasteiger partial charge in [0.05, 0.1) is 24.9 Å². The molecule has 0 aliphatic carbocycles. The number of rotatable bonds is 21. The normalized spacial score (nSPS) is 14.5. The predicted octanol–water partition coefficient (Wildman–Crippen LogP) is 5.84. The van der Waals surface area contributed by atoms with Crippen molar-refractivity contribution >= 4 is 11.5 Å². The van der Waals surface area contributed by atoms with Crippen LogP contribution in [0.3, 0.4) is 0 Å². The second-order valence-corrected chi connectivity index (χ2v) is 12.7. The number of anilines is 1. The summed E-state index contributed by atoms with van der Waals surface area (Å²) in [6.07, 6.45) is 8.02. The van der Waals surface area contributed by atoms with E-state index >= 15 is 0 Å². The molecule has 0 fully saturated rings. The molecule has 0 saturated carbocycles. The molecule has 0 amide bonds. The third-order valence-corrected chi connectivity index (χ3v) is 8.47. The molecule has 7 N–H and O–H groups in total. The van der Waals surface area contributed by atoms with Crippen molar-refractivity contribution in [2.24, 2.45) is 5.73 Å². The number of carbonyl (C=O) groups is 1. The van der Waals surface area contributed by atoms with Crippen LogP contribution in [-0.2, 0) is 13.0 Å². The van der Waals surface area contributed by atoms with E-state index in [1.807, 2.05) is 31.2 Å². The number of hydroxylamine groups is 1. The number of aryl methyl sites for hydroxylation is 1. The van der Waals surface area contributed by atoms with Crippen molar-refractivity contribution in [2.45, 2.75) is 83.9 Å². The highest BCUT2D eigenvalue weighted by atomic mass is 16.5. The van der Waals surface area contributed by atoms with Gasteiger partial charge in [-0.15, -0.1) is 0 Å². The molecule has 1 aliphatic rings. The maximum atomic E-state index is 12.1. The third-order valence-electron chi connectivity index (χ3n) is 8.47. The quantitative estimate of drug-likeness (QED) is 0.0763. The number of hydrogen-bond donors (Lipinski definition) is 6. The highest BCUT2D eigenvalue weighted by molar-refractivity contribution is 6.03. The van der Waals surface area contributed by atoms with Gasteiger partial charge >= 0.3 is 0 Å². The fraction of sp³-hybridized carbons (Fsp3) is 0.513. The van der Waals surface area contributed by atoms with E-state index in [-0.39, 0.29) is 23.7 Å². The van der Waals surface area contributed by atoms with Gasteiger partial charge in [0.25, 0.3) is 0 Å². The average Bonchev–Trinajstić information content (AvgIpc) is 3.10. The van der Waals surface area contributed by atoms with Gasteiger partial charge in [-0.2, -0.15) is 0 Å². The fourth-order valence-corrected chi connectivity index (χ4v) is 5.62. The minimum atomic E-state index is -0.210. The first-order valence-electron chi connectivity index (χ1n) is 17.9. The Labute approximate surface area is 293 Å². The fourth-order valence-electron chi connectivity index (χ4n) is 5.62. The first kappa shape index (κ1) is 39.8. The van der Waals surface area contributed by atoms with Gasteiger partial charge in [-0.3, -0.25) is 15.1 Å². The molecule has 2 unspecified atom stereocenters. The number of benzene rings is 3. The first-order chi connectivity index (χ1) is 23.8. The largest absolute Gasteiger partial charge is 0.504 e. The van der Waals surface area contributed by atoms with Crippen LogP contribution in [0, 0.1) is 0 Å². The zero-order valence-electron chi connectivity index (χ0n) is 29.8. The minimum Gasteiger partial charge on any atom is -0.504 e. The number of Topliss-reactive ketones (excluding diaryl/α,β-unsaturated/α-hetero) is 1. The Morgan fingerprint density at radius 1 is 0.878 bits per heavy atom. The van der Waals surface area contributed by atoms with Gasteiger partial charge in [-0.1, -0.05) is 36.4 Å². The van der Waals surface area contributed by atoms with E-state index in [1.54, 1.807) is 25.3 Å². The van der Waals surface area contributed by atoms with E-state index in [2.05, 4.69) is 47.1 Å². The van der Waals surface area contributed by atoms with E-state index in [4.69, 9.17) is 15.2 Å². The lowest BCUT2D eigenvalue weighted by Gasteiger charge is -2.31. The molecular weight excluding hydrogens is 618 g/mol. The molecule has 0 aromatic heterocycles. The monoisotopic (exact) mass is 677 g/mol. The molecule has 10 nitrogen and oxygen atoms in total. The summed E-state index contributed by atoms with van der Waals surface area (Å²) in [6, 6.07) is 21.0. The lowest BCUT2D eigenvalue weighted by Crippen LogP contribution is -2.37. The molecule has 4 rings (SSSR count). The number of nitrogens with two attached hydrogens (primary N) is 1. The predicted molar refractivity (Wildman–Crippen MR) is 198 cm³/mol. The lowest BCUT2D eigenvalue weighted by atomic mass is 9.97. The van der Waals surface area contributed by atoms with Crippen LogP contribution in [0.1, 0.15) is 80.3 Å². The Kier molecular flexibility index (Phi) is 18.6. The Balaban J connectivity index is 0.000000266. The number of methoxy groups -OCH3 is 1. The number of unbranched alkanes of at least 4 members (excludes halogenated alkanes) is 1. The van der Waals surface area contributed by atoms with Gasteiger partial charge in [0, 0.05) is 24.6 Å². The highest BCUT2D eigenvalue weighted by Crippen LogP contribution is 2.33. The maximum Gasteiger partial charge on any atom is 0.167 e. The summed E-state index contributed by atoms with van der Waals surface area (Å²) >= 11 is 0. The van der Waals surface area contributed by atoms with Crippen LogP contribution in [0.2, 0.25) is 0 Å². The van der Waals surface area contributed by atoms with E-state index in [9.17, 15) is 15.1 Å².